The van der Waals surface area contributed by atoms with E-state index >= 15 is 0 Å². The highest BCUT2D eigenvalue weighted by Crippen LogP contribution is 2.56. The Bertz CT molecular complexity index is 262. The van der Waals surface area contributed by atoms with E-state index in [-0.39, 0.29) is 5.91 Å². The molecule has 2 saturated carbocycles. The van der Waals surface area contributed by atoms with Gasteiger partial charge < -0.3 is 15.8 Å². The maximum absolute atomic E-state index is 11.7. The summed E-state index contributed by atoms with van der Waals surface area (Å²) in [4.78, 5) is 11.7. The normalized spacial score (nSPS) is 28.8. The molecule has 2 aliphatic carbocycles. The molecule has 4 heteroatoms. The van der Waals surface area contributed by atoms with E-state index in [1.807, 2.05) is 0 Å². The standard InChI is InChI=1S/C12H22N2O2/c1-16-8-9(13)11(15)14-10-7-12(10)5-3-2-4-6-12/h9-10H,2-8,13H2,1H3,(H,14,15). The lowest BCUT2D eigenvalue weighted by atomic mass is 9.86. The fourth-order valence-electron chi connectivity index (χ4n) is 2.89. The molecule has 0 aliphatic heterocycles. The fourth-order valence-corrected chi connectivity index (χ4v) is 2.89. The van der Waals surface area contributed by atoms with Crippen LogP contribution in [0.15, 0.2) is 0 Å². The third kappa shape index (κ3) is 2.38. The van der Waals surface area contributed by atoms with E-state index in [4.69, 9.17) is 10.5 Å². The first-order chi connectivity index (χ1) is 7.68. The molecule has 2 aliphatic rings. The minimum Gasteiger partial charge on any atom is -0.383 e. The molecule has 1 spiro atoms. The topological polar surface area (TPSA) is 64.3 Å². The van der Waals surface area contributed by atoms with Crippen LogP contribution in [0, 0.1) is 5.41 Å². The van der Waals surface area contributed by atoms with Crippen LogP contribution in [0.1, 0.15) is 38.5 Å². The first-order valence-corrected chi connectivity index (χ1v) is 6.23. The second kappa shape index (κ2) is 4.72. The third-order valence-corrected chi connectivity index (χ3v) is 4.04. The minimum absolute atomic E-state index is 0.0608. The summed E-state index contributed by atoms with van der Waals surface area (Å²) in [7, 11) is 1.56. The SMILES string of the molecule is COCC(N)C(=O)NC1CC12CCCCC2. The number of methoxy groups -OCH3 is 1. The molecule has 4 nitrogen and oxygen atoms in total. The predicted octanol–water partition coefficient (Wildman–Crippen LogP) is 0.799. The number of hydrogen-bond donors (Lipinski definition) is 2. The van der Waals surface area contributed by atoms with Gasteiger partial charge in [-0.15, -0.1) is 0 Å². The molecular weight excluding hydrogens is 204 g/mol. The van der Waals surface area contributed by atoms with Gasteiger partial charge >= 0.3 is 0 Å². The van der Waals surface area contributed by atoms with Crippen molar-refractivity contribution in [2.45, 2.75) is 50.6 Å². The van der Waals surface area contributed by atoms with E-state index in [0.29, 0.717) is 18.1 Å². The Hall–Kier alpha value is -0.610. The van der Waals surface area contributed by atoms with Crippen molar-refractivity contribution in [2.24, 2.45) is 11.1 Å². The number of carbonyl (C=O) groups is 1. The van der Waals surface area contributed by atoms with Crippen LogP contribution >= 0.6 is 0 Å². The molecule has 2 rings (SSSR count). The van der Waals surface area contributed by atoms with Crippen molar-refractivity contribution in [3.05, 3.63) is 0 Å². The van der Waals surface area contributed by atoms with Gasteiger partial charge in [0.1, 0.15) is 6.04 Å². The maximum atomic E-state index is 11.7. The average Bonchev–Trinajstić information content (AvgIpc) is 2.92. The summed E-state index contributed by atoms with van der Waals surface area (Å²) >= 11 is 0. The van der Waals surface area contributed by atoms with Crippen molar-refractivity contribution in [2.75, 3.05) is 13.7 Å². The van der Waals surface area contributed by atoms with Gasteiger partial charge in [0.05, 0.1) is 6.61 Å². The molecule has 1 amide bonds. The summed E-state index contributed by atoms with van der Waals surface area (Å²) in [5, 5.41) is 3.06. The smallest absolute Gasteiger partial charge is 0.239 e. The Labute approximate surface area is 96.9 Å². The van der Waals surface area contributed by atoms with Crippen LogP contribution in [-0.4, -0.2) is 31.7 Å². The predicted molar refractivity (Wildman–Crippen MR) is 61.9 cm³/mol. The largest absolute Gasteiger partial charge is 0.383 e. The lowest BCUT2D eigenvalue weighted by Crippen LogP contribution is -2.45. The molecule has 0 bridgehead atoms. The second-order valence-corrected chi connectivity index (χ2v) is 5.25. The van der Waals surface area contributed by atoms with E-state index in [2.05, 4.69) is 5.32 Å². The van der Waals surface area contributed by atoms with E-state index in [1.54, 1.807) is 7.11 Å². The van der Waals surface area contributed by atoms with Gasteiger partial charge in [-0.2, -0.15) is 0 Å². The maximum Gasteiger partial charge on any atom is 0.239 e. The summed E-state index contributed by atoms with van der Waals surface area (Å²) in [5.41, 5.74) is 6.12. The Morgan fingerprint density at radius 2 is 2.19 bits per heavy atom. The average molecular weight is 226 g/mol. The first kappa shape index (κ1) is 11.9. The van der Waals surface area contributed by atoms with E-state index in [9.17, 15) is 4.79 Å². The van der Waals surface area contributed by atoms with Crippen LogP contribution in [0.3, 0.4) is 0 Å². The summed E-state index contributed by atoms with van der Waals surface area (Å²) < 4.78 is 4.88. The molecule has 2 fully saturated rings. The van der Waals surface area contributed by atoms with Crippen LogP contribution in [0.2, 0.25) is 0 Å². The molecule has 16 heavy (non-hydrogen) atoms. The van der Waals surface area contributed by atoms with Gasteiger partial charge in [-0.25, -0.2) is 0 Å². The van der Waals surface area contributed by atoms with E-state index in [0.717, 1.165) is 6.42 Å². The lowest BCUT2D eigenvalue weighted by Gasteiger charge is -2.23. The van der Waals surface area contributed by atoms with Gasteiger partial charge in [-0.1, -0.05) is 19.3 Å². The van der Waals surface area contributed by atoms with Crippen LogP contribution in [0.5, 0.6) is 0 Å². The van der Waals surface area contributed by atoms with Gasteiger partial charge in [0, 0.05) is 13.2 Å². The Kier molecular flexibility index (Phi) is 3.50. The summed E-state index contributed by atoms with van der Waals surface area (Å²) in [6.07, 6.45) is 7.69. The van der Waals surface area contributed by atoms with E-state index in [1.165, 1.54) is 32.1 Å². The number of rotatable bonds is 4. The minimum atomic E-state index is -0.522. The quantitative estimate of drug-likeness (QED) is 0.745. The number of carbonyl (C=O) groups excluding carboxylic acids is 1. The molecule has 92 valence electrons. The van der Waals surface area contributed by atoms with Crippen LogP contribution in [0.4, 0.5) is 0 Å². The number of nitrogens with one attached hydrogen (secondary N) is 1. The fraction of sp³-hybridized carbons (Fsp3) is 0.917. The molecule has 0 saturated heterocycles. The van der Waals surface area contributed by atoms with Crippen molar-refractivity contribution in [3.63, 3.8) is 0 Å². The number of ether oxygens (including phenoxy) is 1. The van der Waals surface area contributed by atoms with Gasteiger partial charge in [-0.3, -0.25) is 4.79 Å². The molecule has 2 atom stereocenters. The highest BCUT2D eigenvalue weighted by Gasteiger charge is 2.54. The summed E-state index contributed by atoms with van der Waals surface area (Å²) in [6.45, 7) is 0.297. The van der Waals surface area contributed by atoms with Crippen LogP contribution < -0.4 is 11.1 Å². The second-order valence-electron chi connectivity index (χ2n) is 5.25. The van der Waals surface area contributed by atoms with Crippen molar-refractivity contribution in [3.8, 4) is 0 Å². The molecule has 0 heterocycles. The Morgan fingerprint density at radius 1 is 1.50 bits per heavy atom. The summed E-state index contributed by atoms with van der Waals surface area (Å²) in [5.74, 6) is -0.0608. The third-order valence-electron chi connectivity index (χ3n) is 4.04. The van der Waals surface area contributed by atoms with Crippen LogP contribution in [-0.2, 0) is 9.53 Å². The molecule has 0 aromatic heterocycles. The molecule has 0 aromatic rings. The monoisotopic (exact) mass is 226 g/mol. The zero-order valence-corrected chi connectivity index (χ0v) is 10.00. The number of nitrogens with two attached hydrogens (primary N) is 1. The molecule has 0 radical (unpaired) electrons. The zero-order chi connectivity index (χ0) is 11.6. The van der Waals surface area contributed by atoms with Crippen molar-refractivity contribution < 1.29 is 9.53 Å². The number of hydrogen-bond acceptors (Lipinski definition) is 3. The summed E-state index contributed by atoms with van der Waals surface area (Å²) in [6, 6.07) is -0.144. The molecule has 0 aromatic carbocycles. The van der Waals surface area contributed by atoms with E-state index < -0.39 is 6.04 Å². The highest BCUT2D eigenvalue weighted by atomic mass is 16.5. The Morgan fingerprint density at radius 3 is 2.81 bits per heavy atom. The van der Waals surface area contributed by atoms with Crippen LogP contribution in [0.25, 0.3) is 0 Å². The highest BCUT2D eigenvalue weighted by molar-refractivity contribution is 5.82. The lowest BCUT2D eigenvalue weighted by molar-refractivity contribution is -0.123. The van der Waals surface area contributed by atoms with Crippen molar-refractivity contribution in [1.29, 1.82) is 0 Å². The van der Waals surface area contributed by atoms with Gasteiger partial charge in [0.15, 0.2) is 0 Å². The molecular formula is C12H22N2O2. The van der Waals surface area contributed by atoms with Gasteiger partial charge in [0.25, 0.3) is 0 Å². The first-order valence-electron chi connectivity index (χ1n) is 6.23. The molecule has 3 N–H and O–H groups in total. The number of amides is 1. The molecule has 2 unspecified atom stereocenters. The van der Waals surface area contributed by atoms with Crippen molar-refractivity contribution >= 4 is 5.91 Å². The Balaban J connectivity index is 1.77. The van der Waals surface area contributed by atoms with Gasteiger partial charge in [0.2, 0.25) is 5.91 Å². The van der Waals surface area contributed by atoms with Gasteiger partial charge in [-0.05, 0) is 24.7 Å². The van der Waals surface area contributed by atoms with Crippen molar-refractivity contribution in [1.82, 2.24) is 5.32 Å². The zero-order valence-electron chi connectivity index (χ0n) is 10.00.